The van der Waals surface area contributed by atoms with E-state index < -0.39 is 29.0 Å². The Morgan fingerprint density at radius 1 is 1.21 bits per heavy atom. The molecule has 178 valence electrons. The van der Waals surface area contributed by atoms with E-state index in [-0.39, 0.29) is 23.8 Å². The smallest absolute Gasteiger partial charge is 0.425 e. The summed E-state index contributed by atoms with van der Waals surface area (Å²) in [5.74, 6) is -1.15. The van der Waals surface area contributed by atoms with Gasteiger partial charge in [-0.25, -0.2) is 4.98 Å². The van der Waals surface area contributed by atoms with Crippen LogP contribution in [-0.4, -0.2) is 34.2 Å². The van der Waals surface area contributed by atoms with Gasteiger partial charge in [0.15, 0.2) is 11.9 Å². The summed E-state index contributed by atoms with van der Waals surface area (Å²) in [4.78, 5) is 31.3. The van der Waals surface area contributed by atoms with E-state index in [9.17, 15) is 22.8 Å². The van der Waals surface area contributed by atoms with Crippen molar-refractivity contribution < 1.29 is 27.5 Å². The summed E-state index contributed by atoms with van der Waals surface area (Å²) in [6, 6.07) is 13.0. The number of nitrogens with zero attached hydrogens (tertiary/aromatic N) is 1. The van der Waals surface area contributed by atoms with E-state index in [2.05, 4.69) is 10.3 Å². The first-order valence-electron chi connectivity index (χ1n) is 10.1. The number of carbonyl (C=O) groups excluding carboxylic acids is 2. The van der Waals surface area contributed by atoms with Crippen LogP contribution in [0.2, 0.25) is 5.02 Å². The predicted octanol–water partition coefficient (Wildman–Crippen LogP) is 5.62. The molecule has 3 heterocycles. The topological polar surface area (TPSA) is 68.3 Å². The summed E-state index contributed by atoms with van der Waals surface area (Å²) in [5, 5.41) is 5.86. The van der Waals surface area contributed by atoms with Crippen LogP contribution in [0.3, 0.4) is 0 Å². The number of carbonyl (C=O) groups is 2. The number of halogens is 4. The van der Waals surface area contributed by atoms with Crippen molar-refractivity contribution >= 4 is 46.4 Å². The van der Waals surface area contributed by atoms with Gasteiger partial charge in [0.1, 0.15) is 10.8 Å². The van der Waals surface area contributed by atoms with Crippen molar-refractivity contribution in [3.8, 4) is 5.88 Å². The lowest BCUT2D eigenvalue weighted by atomic mass is 9.79. The Bertz CT molecular complexity index is 1190. The molecule has 1 fully saturated rings. The third-order valence-electron chi connectivity index (χ3n) is 5.32. The maximum Gasteiger partial charge on any atom is 0.425 e. The number of alkyl halides is 3. The van der Waals surface area contributed by atoms with Crippen LogP contribution in [0.5, 0.6) is 5.88 Å². The molecule has 1 aliphatic heterocycles. The monoisotopic (exact) mass is 526 g/mol. The molecule has 0 spiro atoms. The molecular formula is C23H18ClF3N2O3S2. The average Bonchev–Trinajstić information content (AvgIpc) is 3.32. The summed E-state index contributed by atoms with van der Waals surface area (Å²) >= 11 is 8.61. The molecule has 0 aliphatic carbocycles. The second-order valence-electron chi connectivity index (χ2n) is 7.64. The average molecular weight is 527 g/mol. The molecule has 3 aromatic rings. The zero-order valence-electron chi connectivity index (χ0n) is 17.6. The van der Waals surface area contributed by atoms with Gasteiger partial charge in [-0.1, -0.05) is 29.8 Å². The van der Waals surface area contributed by atoms with E-state index in [0.29, 0.717) is 15.5 Å². The lowest BCUT2D eigenvalue weighted by molar-refractivity contribution is -0.190. The molecule has 5 nitrogen and oxygen atoms in total. The van der Waals surface area contributed by atoms with E-state index in [1.165, 1.54) is 23.5 Å². The maximum absolute atomic E-state index is 13.3. The Morgan fingerprint density at radius 2 is 1.97 bits per heavy atom. The number of thioether (sulfide) groups is 1. The van der Waals surface area contributed by atoms with Crippen molar-refractivity contribution in [2.45, 2.75) is 41.3 Å². The molecule has 1 N–H and O–H groups in total. The summed E-state index contributed by atoms with van der Waals surface area (Å²) in [5.41, 5.74) is -0.526. The zero-order valence-corrected chi connectivity index (χ0v) is 20.0. The van der Waals surface area contributed by atoms with Crippen LogP contribution < -0.4 is 10.1 Å². The number of Topliss-reactive ketones (excluding diaryl/α,β-unsaturated/α-hetero) is 1. The van der Waals surface area contributed by atoms with E-state index in [1.807, 2.05) is 0 Å². The molecule has 1 aliphatic rings. The number of piperidine rings is 1. The normalized spacial score (nSPS) is 21.7. The summed E-state index contributed by atoms with van der Waals surface area (Å²) < 4.78 is 43.9. The number of aromatic nitrogens is 1. The first-order chi connectivity index (χ1) is 16.1. The molecule has 1 amide bonds. The Kier molecular flexibility index (Phi) is 6.93. The largest absolute Gasteiger partial charge is 0.465 e. The Hall–Kier alpha value is -2.56. The third kappa shape index (κ3) is 4.94. The molecule has 3 atom stereocenters. The van der Waals surface area contributed by atoms with Crippen LogP contribution in [-0.2, 0) is 15.1 Å². The molecule has 34 heavy (non-hydrogen) atoms. The van der Waals surface area contributed by atoms with Gasteiger partial charge in [0, 0.05) is 17.4 Å². The number of ketones is 1. The Morgan fingerprint density at radius 3 is 2.62 bits per heavy atom. The van der Waals surface area contributed by atoms with E-state index in [1.54, 1.807) is 47.2 Å². The standard InChI is InChI=1S/C23H18ClF3N2O3S2/c1-13(23(25,26)27)32-19-8-4-7-18(28-19)22(14-9-10-33-12-14)11-16(30)20(21(31)29-22)34-17-6-3-2-5-15(17)24/h2-10,12-13,20H,11H2,1H3,(H,29,31). The van der Waals surface area contributed by atoms with E-state index in [0.717, 1.165) is 18.7 Å². The number of amides is 1. The fourth-order valence-corrected chi connectivity index (χ4v) is 5.53. The molecule has 0 radical (unpaired) electrons. The van der Waals surface area contributed by atoms with Crippen molar-refractivity contribution in [2.75, 3.05) is 0 Å². The molecule has 1 aromatic carbocycles. The number of nitrogens with one attached hydrogen (secondary N) is 1. The van der Waals surface area contributed by atoms with Crippen molar-refractivity contribution in [2.24, 2.45) is 0 Å². The molecule has 4 rings (SSSR count). The van der Waals surface area contributed by atoms with Gasteiger partial charge in [0.25, 0.3) is 0 Å². The minimum absolute atomic E-state index is 0.136. The Labute approximate surface area is 206 Å². The number of hydrogen-bond acceptors (Lipinski definition) is 6. The van der Waals surface area contributed by atoms with Crippen LogP contribution in [0.15, 0.2) is 64.2 Å². The van der Waals surface area contributed by atoms with Crippen molar-refractivity contribution in [1.82, 2.24) is 10.3 Å². The quantitative estimate of drug-likeness (QED) is 0.422. The van der Waals surface area contributed by atoms with Gasteiger partial charge in [0.05, 0.1) is 10.7 Å². The van der Waals surface area contributed by atoms with Crippen LogP contribution >= 0.6 is 34.7 Å². The third-order valence-corrected chi connectivity index (χ3v) is 7.77. The Balaban J connectivity index is 1.68. The van der Waals surface area contributed by atoms with Gasteiger partial charge in [-0.2, -0.15) is 24.5 Å². The van der Waals surface area contributed by atoms with Gasteiger partial charge in [0.2, 0.25) is 11.8 Å². The van der Waals surface area contributed by atoms with Crippen molar-refractivity contribution in [3.63, 3.8) is 0 Å². The summed E-state index contributed by atoms with van der Waals surface area (Å²) in [7, 11) is 0. The number of pyridine rings is 1. The minimum Gasteiger partial charge on any atom is -0.465 e. The lowest BCUT2D eigenvalue weighted by Gasteiger charge is -2.39. The summed E-state index contributed by atoms with van der Waals surface area (Å²) in [6.45, 7) is 0.880. The molecule has 11 heteroatoms. The molecule has 2 aromatic heterocycles. The second-order valence-corrected chi connectivity index (χ2v) is 9.97. The SMILES string of the molecule is CC(Oc1cccc(C2(c3ccsc3)CC(=O)C(Sc3ccccc3Cl)C(=O)N2)n1)C(F)(F)F. The summed E-state index contributed by atoms with van der Waals surface area (Å²) in [6.07, 6.45) is -6.78. The molecule has 0 saturated carbocycles. The van der Waals surface area contributed by atoms with E-state index in [4.69, 9.17) is 16.3 Å². The van der Waals surface area contributed by atoms with Crippen LogP contribution in [0.1, 0.15) is 24.6 Å². The molecular weight excluding hydrogens is 509 g/mol. The highest BCUT2D eigenvalue weighted by Crippen LogP contribution is 2.41. The molecule has 3 unspecified atom stereocenters. The number of hydrogen-bond donors (Lipinski definition) is 1. The molecule has 0 bridgehead atoms. The number of rotatable bonds is 6. The van der Waals surface area contributed by atoms with Gasteiger partial charge >= 0.3 is 6.18 Å². The molecule has 1 saturated heterocycles. The minimum atomic E-state index is -4.57. The van der Waals surface area contributed by atoms with Gasteiger partial charge in [-0.05, 0) is 47.5 Å². The fraction of sp³-hybridized carbons (Fsp3) is 0.261. The van der Waals surface area contributed by atoms with Crippen molar-refractivity contribution in [1.29, 1.82) is 0 Å². The highest BCUT2D eigenvalue weighted by Gasteiger charge is 2.49. The van der Waals surface area contributed by atoms with Gasteiger partial charge in [-0.15, -0.1) is 11.8 Å². The number of thiophene rings is 1. The van der Waals surface area contributed by atoms with Crippen LogP contribution in [0, 0.1) is 0 Å². The van der Waals surface area contributed by atoms with Gasteiger partial charge in [-0.3, -0.25) is 9.59 Å². The first-order valence-corrected chi connectivity index (χ1v) is 12.3. The van der Waals surface area contributed by atoms with Crippen molar-refractivity contribution in [3.05, 3.63) is 75.6 Å². The predicted molar refractivity (Wildman–Crippen MR) is 124 cm³/mol. The second kappa shape index (κ2) is 9.59. The highest BCUT2D eigenvalue weighted by atomic mass is 35.5. The number of benzene rings is 1. The maximum atomic E-state index is 13.3. The van der Waals surface area contributed by atoms with E-state index >= 15 is 0 Å². The number of ether oxygens (including phenoxy) is 1. The van der Waals surface area contributed by atoms with Crippen LogP contribution in [0.4, 0.5) is 13.2 Å². The van der Waals surface area contributed by atoms with Crippen LogP contribution in [0.25, 0.3) is 0 Å². The highest BCUT2D eigenvalue weighted by molar-refractivity contribution is 8.01. The zero-order chi connectivity index (χ0) is 24.5. The van der Waals surface area contributed by atoms with Gasteiger partial charge < -0.3 is 10.1 Å². The first kappa shape index (κ1) is 24.6. The fourth-order valence-electron chi connectivity index (χ4n) is 3.56. The lowest BCUT2D eigenvalue weighted by Crippen LogP contribution is -2.58.